The van der Waals surface area contributed by atoms with Crippen molar-refractivity contribution in [3.8, 4) is 5.82 Å². The summed E-state index contributed by atoms with van der Waals surface area (Å²) in [7, 11) is 0. The van der Waals surface area contributed by atoms with E-state index in [-0.39, 0.29) is 18.6 Å². The minimum Gasteiger partial charge on any atom is -0.452 e. The van der Waals surface area contributed by atoms with E-state index in [0.717, 1.165) is 37.1 Å². The predicted octanol–water partition coefficient (Wildman–Crippen LogP) is 3.22. The van der Waals surface area contributed by atoms with E-state index in [9.17, 15) is 9.59 Å². The molecule has 150 valence electrons. The van der Waals surface area contributed by atoms with Gasteiger partial charge in [-0.3, -0.25) is 4.79 Å². The number of rotatable bonds is 6. The highest BCUT2D eigenvalue weighted by molar-refractivity contribution is 5.91. The van der Waals surface area contributed by atoms with Crippen LogP contribution in [0.1, 0.15) is 60.8 Å². The average Bonchev–Trinajstić information content (AvgIpc) is 3.05. The van der Waals surface area contributed by atoms with Gasteiger partial charge in [-0.25, -0.2) is 14.5 Å². The van der Waals surface area contributed by atoms with Gasteiger partial charge < -0.3 is 9.64 Å². The van der Waals surface area contributed by atoms with Gasteiger partial charge in [0.15, 0.2) is 12.4 Å². The van der Waals surface area contributed by atoms with Crippen molar-refractivity contribution in [2.75, 3.05) is 13.2 Å². The van der Waals surface area contributed by atoms with Crippen molar-refractivity contribution in [2.45, 2.75) is 58.9 Å². The number of pyridine rings is 1. The summed E-state index contributed by atoms with van der Waals surface area (Å²) in [5, 5.41) is 4.38. The van der Waals surface area contributed by atoms with Crippen molar-refractivity contribution in [1.29, 1.82) is 0 Å². The Kier molecular flexibility index (Phi) is 6.44. The van der Waals surface area contributed by atoms with Crippen LogP contribution in [0.15, 0.2) is 24.4 Å². The number of carbonyl (C=O) groups excluding carboxylic acids is 2. The Morgan fingerprint density at radius 3 is 2.54 bits per heavy atom. The first-order chi connectivity index (χ1) is 13.5. The molecule has 0 bridgehead atoms. The lowest BCUT2D eigenvalue weighted by atomic mass is 9.94. The molecule has 3 rings (SSSR count). The average molecular weight is 384 g/mol. The van der Waals surface area contributed by atoms with Crippen LogP contribution < -0.4 is 0 Å². The van der Waals surface area contributed by atoms with Crippen LogP contribution in [0.2, 0.25) is 0 Å². The molecule has 2 aromatic rings. The zero-order valence-electron chi connectivity index (χ0n) is 16.9. The minimum atomic E-state index is -0.541. The molecular weight excluding hydrogens is 356 g/mol. The zero-order valence-corrected chi connectivity index (χ0v) is 16.9. The van der Waals surface area contributed by atoms with E-state index in [4.69, 9.17) is 4.74 Å². The Hall–Kier alpha value is -2.70. The van der Waals surface area contributed by atoms with Crippen LogP contribution in [0.3, 0.4) is 0 Å². The first-order valence-electron chi connectivity index (χ1n) is 9.96. The van der Waals surface area contributed by atoms with Crippen LogP contribution in [0.25, 0.3) is 5.82 Å². The van der Waals surface area contributed by atoms with Gasteiger partial charge in [0.25, 0.3) is 5.91 Å². The second kappa shape index (κ2) is 8.99. The predicted molar refractivity (Wildman–Crippen MR) is 105 cm³/mol. The molecule has 1 saturated carbocycles. The fourth-order valence-corrected chi connectivity index (χ4v) is 3.82. The number of aryl methyl sites for hydroxylation is 2. The quantitative estimate of drug-likeness (QED) is 0.715. The highest BCUT2D eigenvalue weighted by Crippen LogP contribution is 2.22. The van der Waals surface area contributed by atoms with E-state index >= 15 is 0 Å². The van der Waals surface area contributed by atoms with Crippen LogP contribution in [0, 0.1) is 13.8 Å². The third-order valence-corrected chi connectivity index (χ3v) is 5.21. The van der Waals surface area contributed by atoms with Crippen LogP contribution >= 0.6 is 0 Å². The van der Waals surface area contributed by atoms with Crippen molar-refractivity contribution >= 4 is 11.9 Å². The third-order valence-electron chi connectivity index (χ3n) is 5.21. The van der Waals surface area contributed by atoms with Crippen molar-refractivity contribution in [1.82, 2.24) is 19.7 Å². The molecule has 0 spiro atoms. The first-order valence-corrected chi connectivity index (χ1v) is 9.96. The number of hydrogen-bond acceptors (Lipinski definition) is 5. The summed E-state index contributed by atoms with van der Waals surface area (Å²) in [5.74, 6) is -0.0388. The summed E-state index contributed by atoms with van der Waals surface area (Å²) in [5.41, 5.74) is 2.19. The van der Waals surface area contributed by atoms with Gasteiger partial charge >= 0.3 is 5.97 Å². The fourth-order valence-electron chi connectivity index (χ4n) is 3.82. The lowest BCUT2D eigenvalue weighted by Gasteiger charge is -2.33. The lowest BCUT2D eigenvalue weighted by Crippen LogP contribution is -2.43. The summed E-state index contributed by atoms with van der Waals surface area (Å²) in [4.78, 5) is 31.0. The summed E-state index contributed by atoms with van der Waals surface area (Å²) < 4.78 is 6.96. The van der Waals surface area contributed by atoms with Gasteiger partial charge in [0.05, 0.1) is 11.3 Å². The van der Waals surface area contributed by atoms with E-state index < -0.39 is 5.97 Å². The number of aromatic nitrogens is 3. The molecule has 2 heterocycles. The van der Waals surface area contributed by atoms with E-state index in [1.807, 2.05) is 31.7 Å². The van der Waals surface area contributed by atoms with Gasteiger partial charge in [-0.15, -0.1) is 0 Å². The van der Waals surface area contributed by atoms with Crippen LogP contribution in [0.5, 0.6) is 0 Å². The van der Waals surface area contributed by atoms with Crippen LogP contribution in [0.4, 0.5) is 0 Å². The van der Waals surface area contributed by atoms with Crippen molar-refractivity contribution in [3.63, 3.8) is 0 Å². The second-order valence-corrected chi connectivity index (χ2v) is 7.29. The van der Waals surface area contributed by atoms with Crippen molar-refractivity contribution in [2.24, 2.45) is 0 Å². The third kappa shape index (κ3) is 4.58. The van der Waals surface area contributed by atoms with Gasteiger partial charge in [-0.2, -0.15) is 5.10 Å². The first kappa shape index (κ1) is 20.0. The molecule has 1 fully saturated rings. The van der Waals surface area contributed by atoms with Crippen molar-refractivity contribution < 1.29 is 14.3 Å². The Balaban J connectivity index is 1.58. The summed E-state index contributed by atoms with van der Waals surface area (Å²) in [6.45, 7) is 6.23. The molecule has 0 saturated heterocycles. The molecule has 1 aliphatic rings. The normalized spacial score (nSPS) is 14.7. The molecule has 2 aromatic heterocycles. The summed E-state index contributed by atoms with van der Waals surface area (Å²) in [6, 6.07) is 5.59. The minimum absolute atomic E-state index is 0.130. The lowest BCUT2D eigenvalue weighted by molar-refractivity contribution is -0.137. The van der Waals surface area contributed by atoms with Crippen LogP contribution in [-0.4, -0.2) is 50.7 Å². The highest BCUT2D eigenvalue weighted by atomic mass is 16.5. The van der Waals surface area contributed by atoms with Crippen LogP contribution in [-0.2, 0) is 9.53 Å². The largest absolute Gasteiger partial charge is 0.452 e. The maximum Gasteiger partial charge on any atom is 0.340 e. The highest BCUT2D eigenvalue weighted by Gasteiger charge is 2.25. The molecule has 0 atom stereocenters. The molecule has 0 N–H and O–H groups in total. The molecule has 1 aliphatic carbocycles. The second-order valence-electron chi connectivity index (χ2n) is 7.29. The number of nitrogens with zero attached hydrogens (tertiary/aromatic N) is 4. The molecule has 0 aromatic carbocycles. The van der Waals surface area contributed by atoms with Gasteiger partial charge in [-0.1, -0.05) is 19.3 Å². The summed E-state index contributed by atoms with van der Waals surface area (Å²) in [6.07, 6.45) is 7.06. The van der Waals surface area contributed by atoms with Gasteiger partial charge in [0, 0.05) is 24.5 Å². The zero-order chi connectivity index (χ0) is 20.1. The monoisotopic (exact) mass is 384 g/mol. The topological polar surface area (TPSA) is 77.3 Å². The maximum absolute atomic E-state index is 12.5. The number of amides is 1. The molecule has 1 amide bonds. The van der Waals surface area contributed by atoms with Gasteiger partial charge in [0.2, 0.25) is 0 Å². The number of esters is 1. The van der Waals surface area contributed by atoms with E-state index in [0.29, 0.717) is 17.9 Å². The van der Waals surface area contributed by atoms with E-state index in [2.05, 4.69) is 10.1 Å². The Morgan fingerprint density at radius 1 is 1.21 bits per heavy atom. The SMILES string of the molecule is CCN(C(=O)COC(=O)c1ccc(-n2nc(C)cc2C)nc1)C1CCCCC1. The van der Waals surface area contributed by atoms with E-state index in [1.165, 1.54) is 12.6 Å². The number of ether oxygens (including phenoxy) is 1. The molecule has 7 nitrogen and oxygen atoms in total. The smallest absolute Gasteiger partial charge is 0.340 e. The van der Waals surface area contributed by atoms with Gasteiger partial charge in [0.1, 0.15) is 0 Å². The maximum atomic E-state index is 12.5. The molecule has 0 radical (unpaired) electrons. The molecular formula is C21H28N4O3. The molecule has 28 heavy (non-hydrogen) atoms. The van der Waals surface area contributed by atoms with Crippen molar-refractivity contribution in [3.05, 3.63) is 41.3 Å². The Bertz CT molecular complexity index is 823. The standard InChI is InChI=1S/C21H28N4O3/c1-4-24(18-8-6-5-7-9-18)20(26)14-28-21(27)17-10-11-19(22-13-17)25-16(3)12-15(2)23-25/h10-13,18H,4-9,14H2,1-3H3. The fraction of sp³-hybridized carbons (Fsp3) is 0.524. The van der Waals surface area contributed by atoms with Gasteiger partial charge in [-0.05, 0) is 51.8 Å². The summed E-state index contributed by atoms with van der Waals surface area (Å²) >= 11 is 0. The molecule has 0 aliphatic heterocycles. The number of likely N-dealkylation sites (N-methyl/N-ethyl adjacent to an activating group) is 1. The van der Waals surface area contributed by atoms with E-state index in [1.54, 1.807) is 16.8 Å². The molecule has 7 heteroatoms. The number of carbonyl (C=O) groups is 2. The molecule has 0 unspecified atom stereocenters. The Labute approximate surface area is 165 Å². The number of hydrogen-bond donors (Lipinski definition) is 0. The Morgan fingerprint density at radius 2 is 1.96 bits per heavy atom.